The molecule has 20 heavy (non-hydrogen) atoms. The van der Waals surface area contributed by atoms with Crippen LogP contribution in [0.2, 0.25) is 0 Å². The van der Waals surface area contributed by atoms with E-state index in [0.717, 1.165) is 27.1 Å². The highest BCUT2D eigenvalue weighted by atomic mass is 79.9. The van der Waals surface area contributed by atoms with Gasteiger partial charge in [0.05, 0.1) is 0 Å². The fourth-order valence-electron chi connectivity index (χ4n) is 2.32. The molecule has 0 spiro atoms. The van der Waals surface area contributed by atoms with Crippen molar-refractivity contribution in [2.24, 2.45) is 0 Å². The van der Waals surface area contributed by atoms with Gasteiger partial charge in [-0.25, -0.2) is 0 Å². The number of hydrogen-bond acceptors (Lipinski definition) is 1. The molecule has 1 nitrogen and oxygen atoms in total. The lowest BCUT2D eigenvalue weighted by Crippen LogP contribution is -2.33. The van der Waals surface area contributed by atoms with Gasteiger partial charge in [0.15, 0.2) is 0 Å². The third-order valence-corrected chi connectivity index (χ3v) is 6.25. The summed E-state index contributed by atoms with van der Waals surface area (Å²) in [5.41, 5.74) is 2.32. The molecule has 0 atom stereocenters. The highest BCUT2D eigenvalue weighted by molar-refractivity contribution is 9.10. The van der Waals surface area contributed by atoms with E-state index in [2.05, 4.69) is 72.1 Å². The Labute approximate surface area is 144 Å². The van der Waals surface area contributed by atoms with Gasteiger partial charge in [-0.3, -0.25) is 0 Å². The van der Waals surface area contributed by atoms with Gasteiger partial charge in [-0.1, -0.05) is 78.1 Å². The lowest BCUT2D eigenvalue weighted by molar-refractivity contribution is 0.472. The van der Waals surface area contributed by atoms with Crippen LogP contribution >= 0.6 is 47.8 Å². The fourth-order valence-corrected chi connectivity index (χ4v) is 4.95. The normalized spacial score (nSPS) is 11.6. The van der Waals surface area contributed by atoms with E-state index in [1.807, 2.05) is 18.2 Å². The van der Waals surface area contributed by atoms with E-state index in [0.29, 0.717) is 5.75 Å². The minimum absolute atomic E-state index is 0.0616. The van der Waals surface area contributed by atoms with E-state index in [9.17, 15) is 5.11 Å². The summed E-state index contributed by atoms with van der Waals surface area (Å²) in [7, 11) is 0. The summed E-state index contributed by atoms with van der Waals surface area (Å²) in [5.74, 6) is 0.313. The summed E-state index contributed by atoms with van der Waals surface area (Å²) in [6.07, 6.45) is 0.848. The number of halogens is 3. The zero-order chi connectivity index (χ0) is 14.6. The van der Waals surface area contributed by atoms with Gasteiger partial charge in [0.2, 0.25) is 0 Å². The number of benzene rings is 2. The van der Waals surface area contributed by atoms with Crippen LogP contribution in [0.5, 0.6) is 5.75 Å². The van der Waals surface area contributed by atoms with Gasteiger partial charge in [-0.2, -0.15) is 0 Å². The van der Waals surface area contributed by atoms with Gasteiger partial charge < -0.3 is 5.11 Å². The smallest absolute Gasteiger partial charge is 0.115 e. The second kappa shape index (κ2) is 7.10. The van der Waals surface area contributed by atoms with Crippen LogP contribution in [-0.2, 0) is 11.8 Å². The molecule has 0 aliphatic heterocycles. The van der Waals surface area contributed by atoms with Crippen molar-refractivity contribution in [1.82, 2.24) is 0 Å². The predicted molar refractivity (Wildman–Crippen MR) is 95.2 cm³/mol. The summed E-state index contributed by atoms with van der Waals surface area (Å²) >= 11 is 11.0. The molecule has 0 heterocycles. The highest BCUT2D eigenvalue weighted by Crippen LogP contribution is 2.37. The van der Waals surface area contributed by atoms with Gasteiger partial charge in [0.1, 0.15) is 5.75 Å². The summed E-state index contributed by atoms with van der Waals surface area (Å²) in [5, 5.41) is 11.3. The maximum absolute atomic E-state index is 9.65. The quantitative estimate of drug-likeness (QED) is 0.588. The van der Waals surface area contributed by atoms with Gasteiger partial charge in [0.25, 0.3) is 0 Å². The molecule has 106 valence electrons. The van der Waals surface area contributed by atoms with Crippen LogP contribution in [0.15, 0.2) is 53.0 Å². The van der Waals surface area contributed by atoms with Crippen LogP contribution in [0, 0.1) is 0 Å². The van der Waals surface area contributed by atoms with Crippen LogP contribution in [0.25, 0.3) is 0 Å². The average molecular weight is 463 g/mol. The van der Waals surface area contributed by atoms with Crippen molar-refractivity contribution in [3.8, 4) is 5.75 Å². The molecule has 0 aliphatic rings. The van der Waals surface area contributed by atoms with Crippen molar-refractivity contribution in [2.75, 3.05) is 10.7 Å². The summed E-state index contributed by atoms with van der Waals surface area (Å²) < 4.78 is 1.11. The molecule has 2 aromatic carbocycles. The Morgan fingerprint density at radius 1 is 0.950 bits per heavy atom. The monoisotopic (exact) mass is 460 g/mol. The van der Waals surface area contributed by atoms with Crippen molar-refractivity contribution >= 4 is 47.8 Å². The van der Waals surface area contributed by atoms with Crippen molar-refractivity contribution in [3.05, 3.63) is 64.1 Å². The molecule has 0 amide bonds. The molecule has 0 fully saturated rings. The number of rotatable bonds is 5. The topological polar surface area (TPSA) is 20.2 Å². The van der Waals surface area contributed by atoms with Crippen LogP contribution in [-0.4, -0.2) is 15.8 Å². The molecule has 0 bridgehead atoms. The molecule has 0 saturated carbocycles. The Bertz CT molecular complexity index is 579. The van der Waals surface area contributed by atoms with E-state index < -0.39 is 0 Å². The minimum Gasteiger partial charge on any atom is -0.508 e. The first-order valence-electron chi connectivity index (χ1n) is 6.26. The second-order valence-corrected chi connectivity index (χ2v) is 6.85. The maximum atomic E-state index is 9.65. The minimum atomic E-state index is -0.0616. The molecule has 0 aromatic heterocycles. The molecule has 0 aliphatic carbocycles. The van der Waals surface area contributed by atoms with Gasteiger partial charge in [-0.05, 0) is 35.7 Å². The first kappa shape index (κ1) is 16.1. The largest absolute Gasteiger partial charge is 0.508 e. The molecular formula is C16H15Br3O. The van der Waals surface area contributed by atoms with Crippen LogP contribution in [0.4, 0.5) is 0 Å². The van der Waals surface area contributed by atoms with Crippen molar-refractivity contribution in [3.63, 3.8) is 0 Å². The Morgan fingerprint density at radius 2 is 1.65 bits per heavy atom. The summed E-state index contributed by atoms with van der Waals surface area (Å²) in [6.45, 7) is 0. The summed E-state index contributed by atoms with van der Waals surface area (Å²) in [4.78, 5) is 0. The molecule has 2 aromatic rings. The van der Waals surface area contributed by atoms with Gasteiger partial charge in [-0.15, -0.1) is 0 Å². The number of alkyl halides is 2. The zero-order valence-corrected chi connectivity index (χ0v) is 15.6. The first-order chi connectivity index (χ1) is 9.61. The van der Waals surface area contributed by atoms with Gasteiger partial charge >= 0.3 is 0 Å². The highest BCUT2D eigenvalue weighted by Gasteiger charge is 2.32. The summed E-state index contributed by atoms with van der Waals surface area (Å²) in [6, 6.07) is 15.8. The molecule has 0 radical (unpaired) electrons. The fraction of sp³-hybridized carbons (Fsp3) is 0.250. The van der Waals surface area contributed by atoms with E-state index in [1.54, 1.807) is 6.07 Å². The van der Waals surface area contributed by atoms with E-state index >= 15 is 0 Å². The standard InChI is InChI=1S/C16H15Br3O/c17-10-16(11-18,14-6-1-2-7-15(14)19)9-12-4-3-5-13(20)8-12/h1-8,20H,9-11H2. The molecule has 0 unspecified atom stereocenters. The van der Waals surface area contributed by atoms with Crippen LogP contribution in [0.3, 0.4) is 0 Å². The van der Waals surface area contributed by atoms with E-state index in [-0.39, 0.29) is 5.41 Å². The lowest BCUT2D eigenvalue weighted by atomic mass is 9.79. The predicted octanol–water partition coefficient (Wildman–Crippen LogP) is 5.43. The SMILES string of the molecule is Oc1cccc(CC(CBr)(CBr)c2ccccc2Br)c1. The molecule has 4 heteroatoms. The molecule has 1 N–H and O–H groups in total. The Hall–Kier alpha value is -0.320. The Morgan fingerprint density at radius 3 is 2.25 bits per heavy atom. The molecular weight excluding hydrogens is 448 g/mol. The van der Waals surface area contributed by atoms with Gasteiger partial charge in [0, 0.05) is 20.5 Å². The van der Waals surface area contributed by atoms with Crippen molar-refractivity contribution in [1.29, 1.82) is 0 Å². The Kier molecular flexibility index (Phi) is 5.70. The maximum Gasteiger partial charge on any atom is 0.115 e. The molecule has 2 rings (SSSR count). The number of phenolic OH excluding ortho intramolecular Hbond substituents is 1. The van der Waals surface area contributed by atoms with Crippen molar-refractivity contribution in [2.45, 2.75) is 11.8 Å². The number of hydrogen-bond donors (Lipinski definition) is 1. The third-order valence-electron chi connectivity index (χ3n) is 3.41. The number of phenols is 1. The molecule has 0 saturated heterocycles. The van der Waals surface area contributed by atoms with Crippen LogP contribution in [0.1, 0.15) is 11.1 Å². The van der Waals surface area contributed by atoms with E-state index in [1.165, 1.54) is 5.56 Å². The third kappa shape index (κ3) is 3.46. The van der Waals surface area contributed by atoms with E-state index in [4.69, 9.17) is 0 Å². The lowest BCUT2D eigenvalue weighted by Gasteiger charge is -2.32. The number of aromatic hydroxyl groups is 1. The Balaban J connectivity index is 2.42. The zero-order valence-electron chi connectivity index (χ0n) is 10.8. The average Bonchev–Trinajstić information content (AvgIpc) is 2.46. The van der Waals surface area contributed by atoms with Crippen LogP contribution < -0.4 is 0 Å². The second-order valence-electron chi connectivity index (χ2n) is 4.87. The van der Waals surface area contributed by atoms with Crippen molar-refractivity contribution < 1.29 is 5.11 Å². The first-order valence-corrected chi connectivity index (χ1v) is 9.30.